The highest BCUT2D eigenvalue weighted by Crippen LogP contribution is 2.40. The predicted molar refractivity (Wildman–Crippen MR) is 62.7 cm³/mol. The summed E-state index contributed by atoms with van der Waals surface area (Å²) in [6.45, 7) is 11.1. The quantitative estimate of drug-likeness (QED) is 0.338. The van der Waals surface area contributed by atoms with E-state index in [0.29, 0.717) is 12.8 Å². The third-order valence-electron chi connectivity index (χ3n) is 2.56. The van der Waals surface area contributed by atoms with Gasteiger partial charge in [-0.05, 0) is 26.7 Å². The van der Waals surface area contributed by atoms with Crippen LogP contribution in [-0.4, -0.2) is 28.9 Å². The van der Waals surface area contributed by atoms with Gasteiger partial charge in [-0.3, -0.25) is 0 Å². The first-order valence-electron chi connectivity index (χ1n) is 5.27. The monoisotopic (exact) mass is 225 g/mol. The van der Waals surface area contributed by atoms with Crippen molar-refractivity contribution >= 4 is 6.21 Å². The fourth-order valence-electron chi connectivity index (χ4n) is 2.10. The van der Waals surface area contributed by atoms with E-state index in [1.165, 1.54) is 6.21 Å². The van der Waals surface area contributed by atoms with Gasteiger partial charge in [0.15, 0.2) is 5.79 Å². The van der Waals surface area contributed by atoms with Gasteiger partial charge in [0, 0.05) is 0 Å². The molecule has 0 amide bonds. The fraction of sp³-hybridized carbons (Fsp3) is 0.583. The lowest BCUT2D eigenvalue weighted by Gasteiger charge is -2.29. The Morgan fingerprint density at radius 1 is 1.31 bits per heavy atom. The Morgan fingerprint density at radius 3 is 2.31 bits per heavy atom. The number of hydrogen-bond acceptors (Lipinski definition) is 4. The molecule has 0 bridgehead atoms. The second-order valence-electron chi connectivity index (χ2n) is 4.36. The van der Waals surface area contributed by atoms with E-state index in [-0.39, 0.29) is 0 Å². The maximum atomic E-state index is 8.65. The number of rotatable bonds is 5. The van der Waals surface area contributed by atoms with Gasteiger partial charge in [-0.2, -0.15) is 0 Å². The van der Waals surface area contributed by atoms with E-state index in [9.17, 15) is 0 Å². The minimum absolute atomic E-state index is 0.400. The van der Waals surface area contributed by atoms with Gasteiger partial charge in [0.05, 0.1) is 6.21 Å². The van der Waals surface area contributed by atoms with Crippen LogP contribution in [0.3, 0.4) is 0 Å². The van der Waals surface area contributed by atoms with Crippen LogP contribution in [0, 0.1) is 0 Å². The second-order valence-corrected chi connectivity index (χ2v) is 4.36. The molecule has 0 unspecified atom stereocenters. The van der Waals surface area contributed by atoms with Gasteiger partial charge in [0.1, 0.15) is 11.7 Å². The van der Waals surface area contributed by atoms with E-state index in [1.54, 1.807) is 12.2 Å². The van der Waals surface area contributed by atoms with Gasteiger partial charge in [-0.15, -0.1) is 13.2 Å². The largest absolute Gasteiger partial charge is 0.411 e. The summed E-state index contributed by atoms with van der Waals surface area (Å²) in [5, 5.41) is 11.7. The third kappa shape index (κ3) is 2.51. The summed E-state index contributed by atoms with van der Waals surface area (Å²) < 4.78 is 11.6. The third-order valence-corrected chi connectivity index (χ3v) is 2.56. The minimum Gasteiger partial charge on any atom is -0.411 e. The van der Waals surface area contributed by atoms with Gasteiger partial charge in [0.25, 0.3) is 0 Å². The van der Waals surface area contributed by atoms with Gasteiger partial charge in [-0.25, -0.2) is 0 Å². The lowest BCUT2D eigenvalue weighted by molar-refractivity contribution is -0.160. The van der Waals surface area contributed by atoms with Crippen molar-refractivity contribution in [1.82, 2.24) is 0 Å². The van der Waals surface area contributed by atoms with E-state index in [0.717, 1.165) is 0 Å². The van der Waals surface area contributed by atoms with Crippen LogP contribution in [0.25, 0.3) is 0 Å². The zero-order valence-electron chi connectivity index (χ0n) is 9.85. The predicted octanol–water partition coefficient (Wildman–Crippen LogP) is 2.49. The molecule has 4 heteroatoms. The zero-order valence-corrected chi connectivity index (χ0v) is 9.85. The molecule has 1 fully saturated rings. The summed E-state index contributed by atoms with van der Waals surface area (Å²) in [4.78, 5) is 0. The topological polar surface area (TPSA) is 51.0 Å². The average molecular weight is 225 g/mol. The Balaban J connectivity index is 3.01. The van der Waals surface area contributed by atoms with Crippen LogP contribution in [0.15, 0.2) is 30.5 Å². The molecule has 16 heavy (non-hydrogen) atoms. The molecule has 0 aromatic carbocycles. The molecular weight excluding hydrogens is 206 g/mol. The highest BCUT2D eigenvalue weighted by molar-refractivity contribution is 5.65. The molecule has 0 saturated carbocycles. The summed E-state index contributed by atoms with van der Waals surface area (Å²) in [5.41, 5.74) is -0.570. The molecule has 0 aliphatic carbocycles. The van der Waals surface area contributed by atoms with Gasteiger partial charge >= 0.3 is 0 Å². The summed E-state index contributed by atoms with van der Waals surface area (Å²) in [5.74, 6) is -0.697. The van der Waals surface area contributed by atoms with Gasteiger partial charge in [-0.1, -0.05) is 17.3 Å². The lowest BCUT2D eigenvalue weighted by Crippen LogP contribution is -2.40. The zero-order chi connectivity index (χ0) is 12.2. The van der Waals surface area contributed by atoms with Crippen LogP contribution >= 0.6 is 0 Å². The number of oxime groups is 1. The van der Waals surface area contributed by atoms with Crippen molar-refractivity contribution in [2.75, 3.05) is 0 Å². The average Bonchev–Trinajstić information content (AvgIpc) is 2.39. The van der Waals surface area contributed by atoms with Crippen molar-refractivity contribution in [3.63, 3.8) is 0 Å². The normalized spacial score (nSPS) is 27.0. The Kier molecular flexibility index (Phi) is 3.88. The van der Waals surface area contributed by atoms with E-state index < -0.39 is 17.5 Å². The van der Waals surface area contributed by atoms with Crippen molar-refractivity contribution in [3.05, 3.63) is 25.3 Å². The molecule has 0 spiro atoms. The Morgan fingerprint density at radius 2 is 1.88 bits per heavy atom. The Hall–Kier alpha value is -1.13. The van der Waals surface area contributed by atoms with Crippen molar-refractivity contribution in [3.8, 4) is 0 Å². The highest BCUT2D eigenvalue weighted by Gasteiger charge is 2.51. The number of ether oxygens (including phenoxy) is 2. The maximum Gasteiger partial charge on any atom is 0.164 e. The molecule has 1 N–H and O–H groups in total. The fourth-order valence-corrected chi connectivity index (χ4v) is 2.10. The highest BCUT2D eigenvalue weighted by atomic mass is 16.8. The standard InChI is InChI=1S/C12H19NO3/c1-5-7-12(8-6-2)10(9-13-14)15-11(3,4)16-12/h5-6,9-10,14H,1-2,7-8H2,3-4H3/b13-9+/t10-/m1/s1. The van der Waals surface area contributed by atoms with Crippen molar-refractivity contribution in [1.29, 1.82) is 0 Å². The molecule has 90 valence electrons. The van der Waals surface area contributed by atoms with Crippen LogP contribution in [0.5, 0.6) is 0 Å². The minimum atomic E-state index is -0.697. The molecule has 0 radical (unpaired) electrons. The summed E-state index contributed by atoms with van der Waals surface area (Å²) in [6, 6.07) is 0. The van der Waals surface area contributed by atoms with Crippen molar-refractivity contribution < 1.29 is 14.7 Å². The molecule has 1 rings (SSSR count). The summed E-state index contributed by atoms with van der Waals surface area (Å²) >= 11 is 0. The molecule has 1 atom stereocenters. The Labute approximate surface area is 96.2 Å². The van der Waals surface area contributed by atoms with Crippen LogP contribution in [-0.2, 0) is 9.47 Å². The van der Waals surface area contributed by atoms with E-state index in [2.05, 4.69) is 18.3 Å². The van der Waals surface area contributed by atoms with Crippen molar-refractivity contribution in [2.45, 2.75) is 44.2 Å². The SMILES string of the molecule is C=CCC1(CC=C)OC(C)(C)O[C@@H]1/C=N/O. The van der Waals surface area contributed by atoms with Crippen LogP contribution in [0.1, 0.15) is 26.7 Å². The molecular formula is C12H19NO3. The van der Waals surface area contributed by atoms with Gasteiger partial charge < -0.3 is 14.7 Å². The molecule has 1 heterocycles. The van der Waals surface area contributed by atoms with Crippen LogP contribution in [0.2, 0.25) is 0 Å². The molecule has 1 aliphatic rings. The first kappa shape index (κ1) is 12.9. The molecule has 1 aliphatic heterocycles. The van der Waals surface area contributed by atoms with Crippen LogP contribution in [0.4, 0.5) is 0 Å². The molecule has 4 nitrogen and oxygen atoms in total. The smallest absolute Gasteiger partial charge is 0.164 e. The van der Waals surface area contributed by atoms with Crippen LogP contribution < -0.4 is 0 Å². The first-order chi connectivity index (χ1) is 7.49. The maximum absolute atomic E-state index is 8.65. The lowest BCUT2D eigenvalue weighted by atomic mass is 9.89. The van der Waals surface area contributed by atoms with Crippen molar-refractivity contribution in [2.24, 2.45) is 5.16 Å². The molecule has 0 aromatic heterocycles. The first-order valence-corrected chi connectivity index (χ1v) is 5.27. The molecule has 0 aromatic rings. The Bertz CT molecular complexity index is 287. The molecule has 1 saturated heterocycles. The summed E-state index contributed by atoms with van der Waals surface area (Å²) in [6.07, 6.45) is 5.71. The summed E-state index contributed by atoms with van der Waals surface area (Å²) in [7, 11) is 0. The number of nitrogens with zero attached hydrogens (tertiary/aromatic N) is 1. The van der Waals surface area contributed by atoms with E-state index in [1.807, 2.05) is 13.8 Å². The van der Waals surface area contributed by atoms with E-state index in [4.69, 9.17) is 14.7 Å². The van der Waals surface area contributed by atoms with Gasteiger partial charge in [0.2, 0.25) is 0 Å². The van der Waals surface area contributed by atoms with E-state index >= 15 is 0 Å². The number of hydrogen-bond donors (Lipinski definition) is 1. The second kappa shape index (κ2) is 4.80.